The Balaban J connectivity index is 1.52. The molecule has 0 spiro atoms. The molecule has 0 radical (unpaired) electrons. The Morgan fingerprint density at radius 1 is 1.17 bits per heavy atom. The molecule has 1 amide bonds. The van der Waals surface area contributed by atoms with E-state index in [0.29, 0.717) is 6.54 Å². The van der Waals surface area contributed by atoms with Crippen LogP contribution in [0.2, 0.25) is 0 Å². The third-order valence-electron chi connectivity index (χ3n) is 4.08. The summed E-state index contributed by atoms with van der Waals surface area (Å²) < 4.78 is 5.44. The highest BCUT2D eigenvalue weighted by Gasteiger charge is 2.23. The van der Waals surface area contributed by atoms with Gasteiger partial charge < -0.3 is 15.4 Å². The third-order valence-corrected chi connectivity index (χ3v) is 5.05. The number of nitrogens with one attached hydrogen (secondary N) is 2. The van der Waals surface area contributed by atoms with E-state index in [1.54, 1.807) is 11.3 Å². The van der Waals surface area contributed by atoms with Gasteiger partial charge in [-0.15, -0.1) is 11.3 Å². The number of morpholine rings is 1. The minimum Gasteiger partial charge on any atom is -0.379 e. The van der Waals surface area contributed by atoms with E-state index in [9.17, 15) is 4.79 Å². The summed E-state index contributed by atoms with van der Waals surface area (Å²) in [6.45, 7) is 4.22. The van der Waals surface area contributed by atoms with Gasteiger partial charge in [-0.25, -0.2) is 0 Å². The number of benzene rings is 1. The molecule has 1 atom stereocenters. The van der Waals surface area contributed by atoms with E-state index in [-0.39, 0.29) is 18.5 Å². The molecular formula is C18H23N3O2S. The lowest BCUT2D eigenvalue weighted by Gasteiger charge is -2.34. The van der Waals surface area contributed by atoms with Crippen LogP contribution in [0.5, 0.6) is 0 Å². The van der Waals surface area contributed by atoms with Crippen molar-refractivity contribution in [3.05, 3.63) is 52.7 Å². The fourth-order valence-electron chi connectivity index (χ4n) is 2.79. The minimum absolute atomic E-state index is 0.00803. The Morgan fingerprint density at radius 3 is 2.67 bits per heavy atom. The quantitative estimate of drug-likeness (QED) is 0.809. The van der Waals surface area contributed by atoms with Crippen LogP contribution in [-0.4, -0.2) is 50.2 Å². The van der Waals surface area contributed by atoms with Crippen molar-refractivity contribution in [1.82, 2.24) is 10.2 Å². The van der Waals surface area contributed by atoms with Crippen molar-refractivity contribution < 1.29 is 9.53 Å². The number of ether oxygens (including phenoxy) is 1. The maximum Gasteiger partial charge on any atom is 0.239 e. The zero-order chi connectivity index (χ0) is 16.6. The van der Waals surface area contributed by atoms with Gasteiger partial charge in [0.05, 0.1) is 25.8 Å². The number of hydrogen-bond donors (Lipinski definition) is 2. The van der Waals surface area contributed by atoms with Crippen molar-refractivity contribution in [3.8, 4) is 0 Å². The molecule has 2 aromatic rings. The Labute approximate surface area is 146 Å². The van der Waals surface area contributed by atoms with Crippen LogP contribution in [0.1, 0.15) is 10.9 Å². The molecule has 3 rings (SSSR count). The van der Waals surface area contributed by atoms with Crippen molar-refractivity contribution in [2.24, 2.45) is 0 Å². The van der Waals surface area contributed by atoms with Crippen LogP contribution in [0.4, 0.5) is 5.69 Å². The highest BCUT2D eigenvalue weighted by Crippen LogP contribution is 2.25. The molecule has 1 saturated heterocycles. The zero-order valence-corrected chi connectivity index (χ0v) is 14.4. The van der Waals surface area contributed by atoms with Gasteiger partial charge in [-0.1, -0.05) is 24.3 Å². The molecule has 0 saturated carbocycles. The molecule has 5 nitrogen and oxygen atoms in total. The highest BCUT2D eigenvalue weighted by atomic mass is 32.1. The van der Waals surface area contributed by atoms with E-state index >= 15 is 0 Å². The van der Waals surface area contributed by atoms with Crippen LogP contribution in [0.15, 0.2) is 47.8 Å². The van der Waals surface area contributed by atoms with Gasteiger partial charge in [0.15, 0.2) is 0 Å². The number of hydrogen-bond acceptors (Lipinski definition) is 5. The van der Waals surface area contributed by atoms with E-state index in [2.05, 4.69) is 33.0 Å². The second-order valence-electron chi connectivity index (χ2n) is 5.70. The van der Waals surface area contributed by atoms with E-state index in [4.69, 9.17) is 4.74 Å². The summed E-state index contributed by atoms with van der Waals surface area (Å²) >= 11 is 1.74. The Kier molecular flexibility index (Phi) is 6.23. The fraction of sp³-hybridized carbons (Fsp3) is 0.389. The van der Waals surface area contributed by atoms with Crippen LogP contribution < -0.4 is 10.6 Å². The number of amides is 1. The summed E-state index contributed by atoms with van der Waals surface area (Å²) in [5.74, 6) is 0.00803. The SMILES string of the molecule is O=C(CNc1ccccc1)NCC(c1cccs1)N1CCOCC1. The van der Waals surface area contributed by atoms with Crippen molar-refractivity contribution in [1.29, 1.82) is 0 Å². The van der Waals surface area contributed by atoms with Crippen LogP contribution >= 0.6 is 11.3 Å². The number of rotatable bonds is 7. The zero-order valence-electron chi connectivity index (χ0n) is 13.6. The summed E-state index contributed by atoms with van der Waals surface area (Å²) in [5, 5.41) is 8.29. The van der Waals surface area contributed by atoms with Gasteiger partial charge in [-0.05, 0) is 23.6 Å². The predicted molar refractivity (Wildman–Crippen MR) is 97.4 cm³/mol. The molecule has 0 bridgehead atoms. The van der Waals surface area contributed by atoms with Gasteiger partial charge in [0.25, 0.3) is 0 Å². The molecule has 0 aliphatic carbocycles. The fourth-order valence-corrected chi connectivity index (χ4v) is 3.65. The largest absolute Gasteiger partial charge is 0.379 e. The lowest BCUT2D eigenvalue weighted by atomic mass is 10.2. The van der Waals surface area contributed by atoms with Crippen molar-refractivity contribution in [3.63, 3.8) is 0 Å². The van der Waals surface area contributed by atoms with Crippen molar-refractivity contribution >= 4 is 22.9 Å². The molecule has 1 aromatic carbocycles. The lowest BCUT2D eigenvalue weighted by Crippen LogP contribution is -2.44. The average Bonchev–Trinajstić information content (AvgIpc) is 3.16. The number of carbonyl (C=O) groups excluding carboxylic acids is 1. The van der Waals surface area contributed by atoms with Crippen LogP contribution in [-0.2, 0) is 9.53 Å². The first-order valence-corrected chi connectivity index (χ1v) is 9.12. The number of carbonyl (C=O) groups is 1. The summed E-state index contributed by atoms with van der Waals surface area (Å²) in [5.41, 5.74) is 0.954. The van der Waals surface area contributed by atoms with E-state index < -0.39 is 0 Å². The summed E-state index contributed by atoms with van der Waals surface area (Å²) in [6, 6.07) is 14.2. The summed E-state index contributed by atoms with van der Waals surface area (Å²) in [4.78, 5) is 15.8. The molecule has 1 fully saturated rings. The third kappa shape index (κ3) is 4.80. The van der Waals surface area contributed by atoms with Crippen molar-refractivity contribution in [2.75, 3.05) is 44.7 Å². The van der Waals surface area contributed by atoms with Crippen LogP contribution in [0, 0.1) is 0 Å². The average molecular weight is 345 g/mol. The van der Waals surface area contributed by atoms with E-state index in [1.165, 1.54) is 4.88 Å². The molecule has 128 valence electrons. The van der Waals surface area contributed by atoms with Gasteiger partial charge >= 0.3 is 0 Å². The van der Waals surface area contributed by atoms with Gasteiger partial charge in [-0.3, -0.25) is 9.69 Å². The van der Waals surface area contributed by atoms with Crippen LogP contribution in [0.3, 0.4) is 0 Å². The van der Waals surface area contributed by atoms with Gasteiger partial charge in [0.2, 0.25) is 5.91 Å². The van der Waals surface area contributed by atoms with Gasteiger partial charge in [0.1, 0.15) is 0 Å². The maximum atomic E-state index is 12.2. The molecule has 1 aromatic heterocycles. The molecule has 2 heterocycles. The first-order chi connectivity index (χ1) is 11.8. The van der Waals surface area contributed by atoms with E-state index in [1.807, 2.05) is 30.3 Å². The van der Waals surface area contributed by atoms with Gasteiger partial charge in [0, 0.05) is 30.2 Å². The summed E-state index contributed by atoms with van der Waals surface area (Å²) in [6.07, 6.45) is 0. The molecule has 2 N–H and O–H groups in total. The molecule has 1 aliphatic heterocycles. The lowest BCUT2D eigenvalue weighted by molar-refractivity contribution is -0.119. The monoisotopic (exact) mass is 345 g/mol. The minimum atomic E-state index is 0.00803. The molecular weight excluding hydrogens is 322 g/mol. The normalized spacial score (nSPS) is 16.5. The number of nitrogens with zero attached hydrogens (tertiary/aromatic N) is 1. The molecule has 1 unspecified atom stereocenters. The summed E-state index contributed by atoms with van der Waals surface area (Å²) in [7, 11) is 0. The first kappa shape index (κ1) is 17.0. The standard InChI is InChI=1S/C18H23N3O2S/c22-18(14-19-15-5-2-1-3-6-15)20-13-16(17-7-4-12-24-17)21-8-10-23-11-9-21/h1-7,12,16,19H,8-11,13-14H2,(H,20,22). The predicted octanol–water partition coefficient (Wildman–Crippen LogP) is 2.35. The van der Waals surface area contributed by atoms with Gasteiger partial charge in [-0.2, -0.15) is 0 Å². The molecule has 6 heteroatoms. The second kappa shape index (κ2) is 8.82. The van der Waals surface area contributed by atoms with Crippen LogP contribution in [0.25, 0.3) is 0 Å². The maximum absolute atomic E-state index is 12.2. The Hall–Kier alpha value is -1.89. The number of para-hydroxylation sites is 1. The Morgan fingerprint density at radius 2 is 1.96 bits per heavy atom. The van der Waals surface area contributed by atoms with Crippen molar-refractivity contribution in [2.45, 2.75) is 6.04 Å². The topological polar surface area (TPSA) is 53.6 Å². The Bertz CT molecular complexity index is 612. The number of anilines is 1. The number of thiophene rings is 1. The first-order valence-electron chi connectivity index (χ1n) is 8.24. The molecule has 1 aliphatic rings. The van der Waals surface area contributed by atoms with E-state index in [0.717, 1.165) is 32.0 Å². The molecule has 24 heavy (non-hydrogen) atoms. The highest BCUT2D eigenvalue weighted by molar-refractivity contribution is 7.10. The second-order valence-corrected chi connectivity index (χ2v) is 6.68. The smallest absolute Gasteiger partial charge is 0.239 e.